The van der Waals surface area contributed by atoms with Crippen LogP contribution in [0.1, 0.15) is 226 Å². The first-order chi connectivity index (χ1) is 32.6. The molecule has 0 aromatic carbocycles. The standard InChI is InChI=1S/C54H98O12S/c1-3-5-7-9-11-13-15-17-19-21-22-23-24-25-26-27-29-31-33-35-37-39-41-43-50(56)64-48(47-63-54-52(58)53(66-67(59,60)61)51(57)49(45-55)65-54)46-62-44-42-40-38-36-34-32-30-28-20-18-16-14-12-10-8-6-4-2/h14-17,20-22,28,48-49,51-55,57-58H,3-13,18-19,23-27,29-47H2,1-2H3,(H,59,60,61)/b16-14-,17-15-,22-21-,28-20-. The number of hydrogen-bond donors (Lipinski definition) is 4. The molecule has 13 heteroatoms. The summed E-state index contributed by atoms with van der Waals surface area (Å²) in [6.07, 6.45) is 47.1. The van der Waals surface area contributed by atoms with Crippen LogP contribution in [-0.2, 0) is 38.3 Å². The van der Waals surface area contributed by atoms with Gasteiger partial charge in [0.2, 0.25) is 0 Å². The average Bonchev–Trinajstić information content (AvgIpc) is 3.30. The van der Waals surface area contributed by atoms with E-state index in [0.29, 0.717) is 13.0 Å². The number of aliphatic hydroxyl groups is 3. The van der Waals surface area contributed by atoms with Gasteiger partial charge in [0, 0.05) is 13.0 Å². The van der Waals surface area contributed by atoms with Crippen LogP contribution in [0.3, 0.4) is 0 Å². The van der Waals surface area contributed by atoms with Gasteiger partial charge in [0.1, 0.15) is 30.5 Å². The molecular formula is C54H98O12S. The summed E-state index contributed by atoms with van der Waals surface area (Å²) in [5.74, 6) is -0.404. The highest BCUT2D eigenvalue weighted by Gasteiger charge is 2.48. The van der Waals surface area contributed by atoms with Gasteiger partial charge in [-0.1, -0.05) is 191 Å². The molecule has 67 heavy (non-hydrogen) atoms. The zero-order valence-electron chi connectivity index (χ0n) is 42.2. The van der Waals surface area contributed by atoms with Gasteiger partial charge < -0.3 is 34.3 Å². The van der Waals surface area contributed by atoms with E-state index < -0.39 is 59.8 Å². The number of unbranched alkanes of at least 4 members (excludes halogenated alkanes) is 26. The van der Waals surface area contributed by atoms with E-state index in [0.717, 1.165) is 64.2 Å². The van der Waals surface area contributed by atoms with Crippen LogP contribution in [-0.4, -0.2) is 97.5 Å². The topological polar surface area (TPSA) is 178 Å². The van der Waals surface area contributed by atoms with Crippen molar-refractivity contribution in [2.45, 2.75) is 263 Å². The zero-order valence-corrected chi connectivity index (χ0v) is 43.0. The fourth-order valence-corrected chi connectivity index (χ4v) is 8.60. The molecule has 1 aliphatic heterocycles. The lowest BCUT2D eigenvalue weighted by Crippen LogP contribution is -2.60. The largest absolute Gasteiger partial charge is 0.457 e. The van der Waals surface area contributed by atoms with E-state index in [1.165, 1.54) is 135 Å². The van der Waals surface area contributed by atoms with Gasteiger partial charge in [-0.05, 0) is 77.0 Å². The number of carbonyl (C=O) groups excluding carboxylic acids is 1. The number of hydrogen-bond acceptors (Lipinski definition) is 11. The number of ether oxygens (including phenoxy) is 4. The van der Waals surface area contributed by atoms with Gasteiger partial charge in [0.15, 0.2) is 6.29 Å². The second-order valence-electron chi connectivity index (χ2n) is 18.5. The van der Waals surface area contributed by atoms with E-state index in [9.17, 15) is 33.1 Å². The Labute approximate surface area is 408 Å². The van der Waals surface area contributed by atoms with Gasteiger partial charge in [-0.2, -0.15) is 8.42 Å². The molecule has 0 aromatic rings. The number of aliphatic hydroxyl groups excluding tert-OH is 3. The highest BCUT2D eigenvalue weighted by Crippen LogP contribution is 2.26. The molecule has 0 amide bonds. The summed E-state index contributed by atoms with van der Waals surface area (Å²) in [7, 11) is -5.07. The summed E-state index contributed by atoms with van der Waals surface area (Å²) >= 11 is 0. The smallest absolute Gasteiger partial charge is 0.397 e. The van der Waals surface area contributed by atoms with E-state index in [1.54, 1.807) is 0 Å². The molecule has 6 unspecified atom stereocenters. The molecule has 0 bridgehead atoms. The van der Waals surface area contributed by atoms with Crippen LogP contribution < -0.4 is 0 Å². The Balaban J connectivity index is 2.34. The normalized spacial score (nSPS) is 19.8. The molecule has 0 spiro atoms. The average molecular weight is 971 g/mol. The van der Waals surface area contributed by atoms with E-state index in [1.807, 2.05) is 0 Å². The molecular weight excluding hydrogens is 873 g/mol. The molecule has 1 aliphatic rings. The maximum Gasteiger partial charge on any atom is 0.397 e. The first kappa shape index (κ1) is 63.1. The van der Waals surface area contributed by atoms with Crippen molar-refractivity contribution in [2.75, 3.05) is 26.4 Å². The Morgan fingerprint density at radius 3 is 1.43 bits per heavy atom. The molecule has 1 rings (SSSR count). The Hall–Kier alpha value is -1.94. The molecule has 0 aliphatic carbocycles. The van der Waals surface area contributed by atoms with E-state index >= 15 is 0 Å². The molecule has 4 N–H and O–H groups in total. The number of esters is 1. The summed E-state index contributed by atoms with van der Waals surface area (Å²) in [6, 6.07) is 0. The van der Waals surface area contributed by atoms with Crippen molar-refractivity contribution in [3.05, 3.63) is 48.6 Å². The van der Waals surface area contributed by atoms with Crippen LogP contribution in [0, 0.1) is 0 Å². The molecule has 1 heterocycles. The molecule has 0 aromatic heterocycles. The number of carbonyl (C=O) groups is 1. The van der Waals surface area contributed by atoms with Crippen molar-refractivity contribution in [3.63, 3.8) is 0 Å². The monoisotopic (exact) mass is 971 g/mol. The summed E-state index contributed by atoms with van der Waals surface area (Å²) in [6.45, 7) is 3.96. The highest BCUT2D eigenvalue weighted by molar-refractivity contribution is 7.80. The summed E-state index contributed by atoms with van der Waals surface area (Å²) in [5, 5.41) is 30.8. The van der Waals surface area contributed by atoms with Gasteiger partial charge >= 0.3 is 16.4 Å². The predicted octanol–water partition coefficient (Wildman–Crippen LogP) is 12.7. The predicted molar refractivity (Wildman–Crippen MR) is 271 cm³/mol. The van der Waals surface area contributed by atoms with E-state index in [2.05, 4.69) is 66.6 Å². The van der Waals surface area contributed by atoms with Crippen LogP contribution in [0.4, 0.5) is 0 Å². The lowest BCUT2D eigenvalue weighted by molar-refractivity contribution is -0.301. The SMILES string of the molecule is CCCCCC/C=C\C/C=C\CCCCCCCCOCC(COC1OC(CO)C(O)C(OS(=O)(=O)O)C1O)OC(=O)CCCCCCCCCCCCC/C=C\C/C=C\CCCCCCC. The number of allylic oxidation sites excluding steroid dienone is 8. The molecule has 1 fully saturated rings. The van der Waals surface area contributed by atoms with Crippen LogP contribution in [0.5, 0.6) is 0 Å². The summed E-state index contributed by atoms with van der Waals surface area (Å²) in [5.41, 5.74) is 0. The molecule has 6 atom stereocenters. The Bertz CT molecular complexity index is 1350. The maximum absolute atomic E-state index is 12.9. The third kappa shape index (κ3) is 38.5. The van der Waals surface area contributed by atoms with Gasteiger partial charge in [-0.3, -0.25) is 9.35 Å². The van der Waals surface area contributed by atoms with Gasteiger partial charge in [-0.15, -0.1) is 0 Å². The summed E-state index contributed by atoms with van der Waals surface area (Å²) in [4.78, 5) is 12.9. The second kappa shape index (κ2) is 45.2. The van der Waals surface area contributed by atoms with Gasteiger partial charge in [0.25, 0.3) is 0 Å². The van der Waals surface area contributed by atoms with Crippen molar-refractivity contribution in [1.82, 2.24) is 0 Å². The number of rotatable bonds is 47. The Morgan fingerprint density at radius 2 is 0.985 bits per heavy atom. The lowest BCUT2D eigenvalue weighted by atomic mass is 9.99. The fraction of sp³-hybridized carbons (Fsp3) is 0.833. The van der Waals surface area contributed by atoms with E-state index in [-0.39, 0.29) is 19.6 Å². The van der Waals surface area contributed by atoms with E-state index in [4.69, 9.17) is 18.9 Å². The minimum atomic E-state index is -5.07. The van der Waals surface area contributed by atoms with Crippen molar-refractivity contribution in [3.8, 4) is 0 Å². The van der Waals surface area contributed by atoms with Crippen LogP contribution in [0.25, 0.3) is 0 Å². The van der Waals surface area contributed by atoms with Gasteiger partial charge in [0.05, 0.1) is 19.8 Å². The molecule has 0 radical (unpaired) electrons. The minimum absolute atomic E-state index is 0.0280. The first-order valence-corrected chi connectivity index (χ1v) is 28.3. The first-order valence-electron chi connectivity index (χ1n) is 26.9. The van der Waals surface area contributed by atoms with Crippen LogP contribution >= 0.6 is 0 Å². The van der Waals surface area contributed by atoms with Crippen LogP contribution in [0.2, 0.25) is 0 Å². The fourth-order valence-electron chi connectivity index (χ4n) is 8.09. The van der Waals surface area contributed by atoms with Crippen molar-refractivity contribution in [1.29, 1.82) is 0 Å². The highest BCUT2D eigenvalue weighted by atomic mass is 32.3. The summed E-state index contributed by atoms with van der Waals surface area (Å²) < 4.78 is 59.3. The minimum Gasteiger partial charge on any atom is -0.457 e. The third-order valence-electron chi connectivity index (χ3n) is 12.2. The lowest BCUT2D eigenvalue weighted by Gasteiger charge is -2.41. The Kier molecular flexibility index (Phi) is 42.6. The maximum atomic E-state index is 12.9. The van der Waals surface area contributed by atoms with Crippen molar-refractivity contribution < 1.29 is 56.2 Å². The third-order valence-corrected chi connectivity index (χ3v) is 12.6. The van der Waals surface area contributed by atoms with Crippen LogP contribution in [0.15, 0.2) is 48.6 Å². The Morgan fingerprint density at radius 1 is 0.567 bits per heavy atom. The van der Waals surface area contributed by atoms with Crippen molar-refractivity contribution in [2.24, 2.45) is 0 Å². The van der Waals surface area contributed by atoms with Crippen molar-refractivity contribution >= 4 is 16.4 Å². The second-order valence-corrected chi connectivity index (χ2v) is 19.5. The molecule has 12 nitrogen and oxygen atoms in total. The zero-order chi connectivity index (χ0) is 48.9. The molecule has 0 saturated carbocycles. The van der Waals surface area contributed by atoms with Gasteiger partial charge in [-0.25, -0.2) is 4.18 Å². The molecule has 1 saturated heterocycles. The quantitative estimate of drug-likeness (QED) is 0.0197. The molecule has 392 valence electrons.